The van der Waals surface area contributed by atoms with Crippen LogP contribution in [0.5, 0.6) is 5.75 Å². The fraction of sp³-hybridized carbons (Fsp3) is 0.300. The average molecular weight is 274 g/mol. The Bertz CT molecular complexity index is 414. The molecule has 0 aliphatic rings. The monoisotopic (exact) mass is 273 g/mol. The first kappa shape index (κ1) is 11.9. The molecule has 0 aliphatic heterocycles. The molecule has 15 heavy (non-hydrogen) atoms. The first-order valence-electron chi connectivity index (χ1n) is 4.13. The summed E-state index contributed by atoms with van der Waals surface area (Å²) in [5, 5.41) is 0. The standard InChI is InChI=1S/C10H9BrFNO2/c1-10(12,13-6-14)7-3-4-9(15-2)8(11)5-7/h3-5H,1-2H3. The first-order valence-corrected chi connectivity index (χ1v) is 4.92. The predicted octanol–water partition coefficient (Wildman–Crippen LogP) is 2.94. The van der Waals surface area contributed by atoms with Crippen LogP contribution in [0.25, 0.3) is 0 Å². The average Bonchev–Trinajstić information content (AvgIpc) is 2.17. The third kappa shape index (κ3) is 2.64. The molecular weight excluding hydrogens is 265 g/mol. The number of methoxy groups -OCH3 is 1. The van der Waals surface area contributed by atoms with Crippen LogP contribution < -0.4 is 4.74 Å². The Hall–Kier alpha value is -1.19. The maximum Gasteiger partial charge on any atom is 0.238 e. The summed E-state index contributed by atoms with van der Waals surface area (Å²) < 4.78 is 19.3. The van der Waals surface area contributed by atoms with Crippen LogP contribution in [0.1, 0.15) is 12.5 Å². The SMILES string of the molecule is COc1ccc(C(C)(F)N=C=O)cc1Br. The summed E-state index contributed by atoms with van der Waals surface area (Å²) in [7, 11) is 1.51. The molecule has 5 heteroatoms. The molecular formula is C10H9BrFNO2. The minimum atomic E-state index is -2.06. The van der Waals surface area contributed by atoms with Gasteiger partial charge in [0.25, 0.3) is 0 Å². The molecule has 1 aromatic carbocycles. The van der Waals surface area contributed by atoms with Crippen LogP contribution in [0, 0.1) is 0 Å². The van der Waals surface area contributed by atoms with Gasteiger partial charge in [-0.2, -0.15) is 4.99 Å². The number of halogens is 2. The van der Waals surface area contributed by atoms with Crippen molar-refractivity contribution in [2.75, 3.05) is 7.11 Å². The zero-order valence-corrected chi connectivity index (χ0v) is 9.84. The van der Waals surface area contributed by atoms with E-state index in [9.17, 15) is 9.18 Å². The van der Waals surface area contributed by atoms with E-state index in [0.717, 1.165) is 0 Å². The Morgan fingerprint density at radius 2 is 2.27 bits per heavy atom. The van der Waals surface area contributed by atoms with Crippen LogP contribution in [-0.2, 0) is 10.6 Å². The van der Waals surface area contributed by atoms with E-state index in [1.165, 1.54) is 32.2 Å². The Morgan fingerprint density at radius 3 is 2.73 bits per heavy atom. The number of rotatable bonds is 3. The van der Waals surface area contributed by atoms with E-state index in [2.05, 4.69) is 20.9 Å². The van der Waals surface area contributed by atoms with E-state index >= 15 is 0 Å². The maximum atomic E-state index is 13.7. The van der Waals surface area contributed by atoms with E-state index in [1.807, 2.05) is 0 Å². The van der Waals surface area contributed by atoms with Crippen molar-refractivity contribution < 1.29 is 13.9 Å². The van der Waals surface area contributed by atoms with Crippen LogP contribution in [-0.4, -0.2) is 13.2 Å². The Morgan fingerprint density at radius 1 is 1.60 bits per heavy atom. The Labute approximate surface area is 95.1 Å². The van der Waals surface area contributed by atoms with Crippen molar-refractivity contribution in [1.29, 1.82) is 0 Å². The molecule has 0 aromatic heterocycles. The normalized spacial score (nSPS) is 13.9. The van der Waals surface area contributed by atoms with Crippen LogP contribution in [0.3, 0.4) is 0 Å². The van der Waals surface area contributed by atoms with Crippen molar-refractivity contribution in [1.82, 2.24) is 0 Å². The summed E-state index contributed by atoms with van der Waals surface area (Å²) in [5.41, 5.74) is 0.263. The van der Waals surface area contributed by atoms with Crippen molar-refractivity contribution in [3.63, 3.8) is 0 Å². The van der Waals surface area contributed by atoms with Gasteiger partial charge in [-0.15, -0.1) is 0 Å². The van der Waals surface area contributed by atoms with Crippen molar-refractivity contribution in [3.05, 3.63) is 28.2 Å². The van der Waals surface area contributed by atoms with Crippen LogP contribution in [0.4, 0.5) is 4.39 Å². The van der Waals surface area contributed by atoms with E-state index in [0.29, 0.717) is 10.2 Å². The summed E-state index contributed by atoms with van der Waals surface area (Å²) in [4.78, 5) is 13.1. The fourth-order valence-electron chi connectivity index (χ4n) is 1.10. The number of benzene rings is 1. The molecule has 0 heterocycles. The molecule has 80 valence electrons. The number of nitrogens with zero attached hydrogens (tertiary/aromatic N) is 1. The number of hydrogen-bond donors (Lipinski definition) is 0. The Balaban J connectivity index is 3.17. The summed E-state index contributed by atoms with van der Waals surface area (Å²) in [6.45, 7) is 1.19. The summed E-state index contributed by atoms with van der Waals surface area (Å²) in [6.07, 6.45) is 1.21. The van der Waals surface area contributed by atoms with Crippen molar-refractivity contribution in [2.45, 2.75) is 12.7 Å². The third-order valence-corrected chi connectivity index (χ3v) is 2.55. The van der Waals surface area contributed by atoms with Crippen molar-refractivity contribution in [2.24, 2.45) is 4.99 Å². The van der Waals surface area contributed by atoms with E-state index in [-0.39, 0.29) is 5.56 Å². The largest absolute Gasteiger partial charge is 0.496 e. The zero-order valence-electron chi connectivity index (χ0n) is 8.25. The second-order valence-electron chi connectivity index (χ2n) is 3.01. The first-order chi connectivity index (χ1) is 7.01. The van der Waals surface area contributed by atoms with Gasteiger partial charge in [0.15, 0.2) is 0 Å². The molecule has 0 saturated heterocycles. The highest BCUT2D eigenvalue weighted by Gasteiger charge is 2.25. The lowest BCUT2D eigenvalue weighted by Crippen LogP contribution is -2.11. The lowest BCUT2D eigenvalue weighted by atomic mass is 10.1. The number of carbonyl (C=O) groups excluding carboxylic acids is 1. The van der Waals surface area contributed by atoms with Gasteiger partial charge in [-0.3, -0.25) is 0 Å². The van der Waals surface area contributed by atoms with Gasteiger partial charge in [0.1, 0.15) is 5.75 Å². The van der Waals surface area contributed by atoms with Crippen LogP contribution >= 0.6 is 15.9 Å². The second-order valence-corrected chi connectivity index (χ2v) is 3.86. The molecule has 1 atom stereocenters. The maximum absolute atomic E-state index is 13.7. The minimum Gasteiger partial charge on any atom is -0.496 e. The topological polar surface area (TPSA) is 38.7 Å². The highest BCUT2D eigenvalue weighted by Crippen LogP contribution is 2.33. The van der Waals surface area contributed by atoms with E-state index in [1.54, 1.807) is 6.07 Å². The van der Waals surface area contributed by atoms with Crippen LogP contribution in [0.2, 0.25) is 0 Å². The quantitative estimate of drug-likeness (QED) is 0.483. The summed E-state index contributed by atoms with van der Waals surface area (Å²) in [5.74, 6) is -1.47. The smallest absolute Gasteiger partial charge is 0.238 e. The van der Waals surface area contributed by atoms with Crippen LogP contribution in [0.15, 0.2) is 27.7 Å². The Kier molecular flexibility index (Phi) is 3.61. The number of isocyanates is 1. The summed E-state index contributed by atoms with van der Waals surface area (Å²) in [6, 6.07) is 4.61. The van der Waals surface area contributed by atoms with Gasteiger partial charge in [0, 0.05) is 5.56 Å². The predicted molar refractivity (Wildman–Crippen MR) is 57.3 cm³/mol. The van der Waals surface area contributed by atoms with Crippen molar-refractivity contribution in [3.8, 4) is 5.75 Å². The number of hydrogen-bond acceptors (Lipinski definition) is 3. The van der Waals surface area contributed by atoms with Gasteiger partial charge < -0.3 is 4.74 Å². The molecule has 0 spiro atoms. The molecule has 0 bridgehead atoms. The lowest BCUT2D eigenvalue weighted by Gasteiger charge is -2.14. The molecule has 0 amide bonds. The highest BCUT2D eigenvalue weighted by molar-refractivity contribution is 9.10. The molecule has 0 radical (unpaired) electrons. The molecule has 0 fully saturated rings. The number of ether oxygens (including phenoxy) is 1. The van der Waals surface area contributed by atoms with E-state index < -0.39 is 5.79 Å². The molecule has 0 aliphatic carbocycles. The fourth-order valence-corrected chi connectivity index (χ4v) is 1.64. The lowest BCUT2D eigenvalue weighted by molar-refractivity contribution is 0.205. The molecule has 1 unspecified atom stereocenters. The van der Waals surface area contributed by atoms with Gasteiger partial charge in [-0.25, -0.2) is 9.18 Å². The minimum absolute atomic E-state index is 0.263. The zero-order chi connectivity index (χ0) is 11.5. The van der Waals surface area contributed by atoms with E-state index in [4.69, 9.17) is 4.74 Å². The van der Waals surface area contributed by atoms with Gasteiger partial charge >= 0.3 is 0 Å². The number of aliphatic imine (C=N–C) groups is 1. The molecule has 3 nitrogen and oxygen atoms in total. The van der Waals surface area contributed by atoms with Crippen molar-refractivity contribution >= 4 is 22.0 Å². The molecule has 0 N–H and O–H groups in total. The second kappa shape index (κ2) is 4.55. The van der Waals surface area contributed by atoms with Gasteiger partial charge in [-0.1, -0.05) is 6.07 Å². The van der Waals surface area contributed by atoms with Gasteiger partial charge in [-0.05, 0) is 35.0 Å². The summed E-state index contributed by atoms with van der Waals surface area (Å²) >= 11 is 3.22. The highest BCUT2D eigenvalue weighted by atomic mass is 79.9. The number of alkyl halides is 1. The molecule has 1 rings (SSSR count). The van der Waals surface area contributed by atoms with Gasteiger partial charge in [0.2, 0.25) is 11.9 Å². The van der Waals surface area contributed by atoms with Gasteiger partial charge in [0.05, 0.1) is 11.6 Å². The molecule has 0 saturated carbocycles. The molecule has 1 aromatic rings. The third-order valence-electron chi connectivity index (χ3n) is 1.93.